The second kappa shape index (κ2) is 6.68. The summed E-state index contributed by atoms with van der Waals surface area (Å²) in [6.45, 7) is -0.166. The second-order valence-electron chi connectivity index (χ2n) is 3.91. The summed E-state index contributed by atoms with van der Waals surface area (Å²) in [7, 11) is 1.38. The summed E-state index contributed by atoms with van der Waals surface area (Å²) in [5, 5.41) is 10.7. The molecule has 1 aromatic heterocycles. The van der Waals surface area contributed by atoms with Crippen LogP contribution in [0.4, 0.5) is 5.69 Å². The number of nitro benzene ring substituents is 1. The third kappa shape index (κ3) is 3.79. The lowest BCUT2D eigenvalue weighted by Crippen LogP contribution is -2.10. The number of benzene rings is 1. The summed E-state index contributed by atoms with van der Waals surface area (Å²) in [5.41, 5.74) is -0.104. The smallest absolute Gasteiger partial charge is 0.273 e. The highest BCUT2D eigenvalue weighted by Crippen LogP contribution is 2.31. The molecule has 0 spiro atoms. The van der Waals surface area contributed by atoms with Gasteiger partial charge in [0.25, 0.3) is 5.69 Å². The van der Waals surface area contributed by atoms with Gasteiger partial charge < -0.3 is 9.47 Å². The van der Waals surface area contributed by atoms with E-state index in [1.807, 2.05) is 0 Å². The zero-order chi connectivity index (χ0) is 15.4. The average Bonchev–Trinajstić information content (AvgIpc) is 2.91. The zero-order valence-corrected chi connectivity index (χ0v) is 13.3. The molecule has 0 saturated carbocycles. The monoisotopic (exact) mass is 371 g/mol. The Bertz CT molecular complexity index is 685. The molecule has 0 N–H and O–H groups in total. The molecule has 110 valence electrons. The number of carbonyl (C=O) groups is 1. The van der Waals surface area contributed by atoms with Crippen LogP contribution >= 0.6 is 27.3 Å². The van der Waals surface area contributed by atoms with E-state index in [9.17, 15) is 14.9 Å². The molecular formula is C13H10BrNO5S. The minimum Gasteiger partial charge on any atom is -0.493 e. The number of hydrogen-bond acceptors (Lipinski definition) is 6. The van der Waals surface area contributed by atoms with Crippen LogP contribution in [0.25, 0.3) is 0 Å². The maximum Gasteiger partial charge on any atom is 0.273 e. The van der Waals surface area contributed by atoms with Crippen molar-refractivity contribution in [2.75, 3.05) is 13.7 Å². The van der Waals surface area contributed by atoms with Gasteiger partial charge in [-0.3, -0.25) is 14.9 Å². The molecule has 0 aliphatic heterocycles. The van der Waals surface area contributed by atoms with Gasteiger partial charge in [-0.05, 0) is 34.1 Å². The Balaban J connectivity index is 2.09. The Morgan fingerprint density at radius 1 is 1.33 bits per heavy atom. The number of non-ortho nitro benzene ring substituents is 1. The number of carbonyl (C=O) groups excluding carboxylic acids is 1. The van der Waals surface area contributed by atoms with Crippen molar-refractivity contribution in [1.82, 2.24) is 0 Å². The third-order valence-corrected chi connectivity index (χ3v) is 4.23. The average molecular weight is 372 g/mol. The van der Waals surface area contributed by atoms with E-state index in [0.29, 0.717) is 4.88 Å². The second-order valence-corrected chi connectivity index (χ2v) is 6.37. The van der Waals surface area contributed by atoms with Crippen molar-refractivity contribution in [2.24, 2.45) is 0 Å². The fourth-order valence-corrected chi connectivity index (χ4v) is 2.88. The number of ether oxygens (including phenoxy) is 2. The summed E-state index contributed by atoms with van der Waals surface area (Å²) in [4.78, 5) is 22.7. The minimum absolute atomic E-state index is 0.104. The number of methoxy groups -OCH3 is 1. The van der Waals surface area contributed by atoms with Crippen LogP contribution in [0.1, 0.15) is 9.67 Å². The van der Waals surface area contributed by atoms with E-state index in [1.165, 1.54) is 36.6 Å². The maximum absolute atomic E-state index is 11.9. The highest BCUT2D eigenvalue weighted by atomic mass is 79.9. The van der Waals surface area contributed by atoms with E-state index in [4.69, 9.17) is 9.47 Å². The van der Waals surface area contributed by atoms with E-state index >= 15 is 0 Å². The van der Waals surface area contributed by atoms with Crippen molar-refractivity contribution < 1.29 is 19.2 Å². The van der Waals surface area contributed by atoms with Crippen LogP contribution in [0.5, 0.6) is 11.5 Å². The molecule has 0 bridgehead atoms. The van der Waals surface area contributed by atoms with Crippen molar-refractivity contribution in [3.05, 3.63) is 49.1 Å². The molecule has 1 aromatic carbocycles. The van der Waals surface area contributed by atoms with Gasteiger partial charge in [-0.2, -0.15) is 0 Å². The Kier molecular flexibility index (Phi) is 4.92. The summed E-state index contributed by atoms with van der Waals surface area (Å²) in [5.74, 6) is 0.322. The first-order valence-electron chi connectivity index (χ1n) is 5.75. The lowest BCUT2D eigenvalue weighted by atomic mass is 10.3. The fraction of sp³-hybridized carbons (Fsp3) is 0.154. The molecule has 2 aromatic rings. The largest absolute Gasteiger partial charge is 0.493 e. The van der Waals surface area contributed by atoms with E-state index in [1.54, 1.807) is 12.1 Å². The van der Waals surface area contributed by atoms with E-state index < -0.39 is 4.92 Å². The molecule has 0 amide bonds. The van der Waals surface area contributed by atoms with Crippen molar-refractivity contribution in [1.29, 1.82) is 0 Å². The minimum atomic E-state index is -0.527. The summed E-state index contributed by atoms with van der Waals surface area (Å²) in [6, 6.07) is 7.44. The number of nitrogens with zero attached hydrogens (tertiary/aromatic N) is 1. The number of Topliss-reactive ketones (excluding diaryl/α,β-unsaturated/α-hetero) is 1. The number of rotatable bonds is 6. The summed E-state index contributed by atoms with van der Waals surface area (Å²) >= 11 is 4.60. The van der Waals surface area contributed by atoms with Gasteiger partial charge in [0.15, 0.2) is 18.1 Å². The van der Waals surface area contributed by atoms with E-state index in [0.717, 1.165) is 3.79 Å². The Hall–Kier alpha value is -1.93. The van der Waals surface area contributed by atoms with E-state index in [-0.39, 0.29) is 29.6 Å². The predicted molar refractivity (Wildman–Crippen MR) is 81.5 cm³/mol. The zero-order valence-electron chi connectivity index (χ0n) is 10.9. The lowest BCUT2D eigenvalue weighted by molar-refractivity contribution is -0.384. The maximum atomic E-state index is 11.9. The molecule has 0 atom stereocenters. The molecule has 0 radical (unpaired) electrons. The molecule has 2 rings (SSSR count). The number of hydrogen-bond donors (Lipinski definition) is 0. The number of halogens is 1. The van der Waals surface area contributed by atoms with Crippen LogP contribution in [0.3, 0.4) is 0 Å². The molecule has 21 heavy (non-hydrogen) atoms. The predicted octanol–water partition coefficient (Wildman–Crippen LogP) is 3.69. The first-order valence-corrected chi connectivity index (χ1v) is 7.36. The number of ketones is 1. The van der Waals surface area contributed by atoms with Gasteiger partial charge in [0, 0.05) is 6.07 Å². The van der Waals surface area contributed by atoms with Crippen LogP contribution in [0, 0.1) is 10.1 Å². The first-order chi connectivity index (χ1) is 10.0. The van der Waals surface area contributed by atoms with Gasteiger partial charge in [0.1, 0.15) is 0 Å². The van der Waals surface area contributed by atoms with Crippen LogP contribution in [-0.4, -0.2) is 24.4 Å². The molecule has 0 aliphatic rings. The number of thiophene rings is 1. The molecule has 8 heteroatoms. The highest BCUT2D eigenvalue weighted by molar-refractivity contribution is 9.11. The SMILES string of the molecule is COc1cc([N+](=O)[O-])ccc1OCC(=O)c1ccc(Br)s1. The Labute approximate surface area is 132 Å². The first kappa shape index (κ1) is 15.5. The molecule has 1 heterocycles. The van der Waals surface area contributed by atoms with Crippen LogP contribution in [0.15, 0.2) is 34.1 Å². The fourth-order valence-electron chi connectivity index (χ4n) is 1.57. The lowest BCUT2D eigenvalue weighted by Gasteiger charge is -2.09. The summed E-state index contributed by atoms with van der Waals surface area (Å²) < 4.78 is 11.3. The van der Waals surface area contributed by atoms with E-state index in [2.05, 4.69) is 15.9 Å². The highest BCUT2D eigenvalue weighted by Gasteiger charge is 2.15. The van der Waals surface area contributed by atoms with Crippen molar-refractivity contribution in [2.45, 2.75) is 0 Å². The number of nitro groups is 1. The van der Waals surface area contributed by atoms with Gasteiger partial charge >= 0.3 is 0 Å². The molecule has 0 saturated heterocycles. The van der Waals surface area contributed by atoms with Crippen molar-refractivity contribution >= 4 is 38.7 Å². The van der Waals surface area contributed by atoms with Crippen LogP contribution < -0.4 is 9.47 Å². The van der Waals surface area contributed by atoms with Gasteiger partial charge in [0.2, 0.25) is 5.78 Å². The Morgan fingerprint density at radius 2 is 2.10 bits per heavy atom. The molecule has 0 aliphatic carbocycles. The standard InChI is InChI=1S/C13H10BrNO5S/c1-19-11-6-8(15(17)18)2-3-10(11)20-7-9(16)12-4-5-13(14)21-12/h2-6H,7H2,1H3. The van der Waals surface area contributed by atoms with Gasteiger partial charge in [0.05, 0.1) is 26.8 Å². The molecule has 0 fully saturated rings. The van der Waals surface area contributed by atoms with Crippen molar-refractivity contribution in [3.8, 4) is 11.5 Å². The molecule has 6 nitrogen and oxygen atoms in total. The van der Waals surface area contributed by atoms with Gasteiger partial charge in [-0.1, -0.05) is 0 Å². The topological polar surface area (TPSA) is 78.7 Å². The van der Waals surface area contributed by atoms with Gasteiger partial charge in [-0.25, -0.2) is 0 Å². The van der Waals surface area contributed by atoms with Crippen LogP contribution in [-0.2, 0) is 0 Å². The third-order valence-electron chi connectivity index (χ3n) is 2.56. The molecular weight excluding hydrogens is 362 g/mol. The molecule has 0 unspecified atom stereocenters. The van der Waals surface area contributed by atoms with Gasteiger partial charge in [-0.15, -0.1) is 11.3 Å². The summed E-state index contributed by atoms with van der Waals surface area (Å²) in [6.07, 6.45) is 0. The van der Waals surface area contributed by atoms with Crippen LogP contribution in [0.2, 0.25) is 0 Å². The quantitative estimate of drug-likeness (QED) is 0.439. The van der Waals surface area contributed by atoms with Crippen molar-refractivity contribution in [3.63, 3.8) is 0 Å². The normalized spacial score (nSPS) is 10.2. The Morgan fingerprint density at radius 3 is 2.67 bits per heavy atom.